The van der Waals surface area contributed by atoms with Gasteiger partial charge in [0.05, 0.1) is 4.90 Å². The molecular formula is C17H28N2O4S2. The summed E-state index contributed by atoms with van der Waals surface area (Å²) in [6.07, 6.45) is 1.07. The van der Waals surface area contributed by atoms with Crippen LogP contribution < -0.4 is 0 Å². The van der Waals surface area contributed by atoms with Crippen molar-refractivity contribution in [2.75, 3.05) is 20.1 Å². The van der Waals surface area contributed by atoms with Crippen LogP contribution in [0.3, 0.4) is 0 Å². The highest BCUT2D eigenvalue weighted by molar-refractivity contribution is 7.89. The molecule has 0 spiro atoms. The highest BCUT2D eigenvalue weighted by atomic mass is 32.2. The van der Waals surface area contributed by atoms with Crippen molar-refractivity contribution in [1.29, 1.82) is 0 Å². The molecule has 0 aromatic carbocycles. The van der Waals surface area contributed by atoms with Crippen LogP contribution in [0.4, 0.5) is 4.79 Å². The van der Waals surface area contributed by atoms with Gasteiger partial charge in [0.2, 0.25) is 10.0 Å². The Morgan fingerprint density at radius 3 is 2.52 bits per heavy atom. The Kier molecular flexibility index (Phi) is 5.85. The van der Waals surface area contributed by atoms with Crippen molar-refractivity contribution in [3.63, 3.8) is 0 Å². The first-order valence-electron chi connectivity index (χ1n) is 8.45. The second-order valence-electron chi connectivity index (χ2n) is 7.53. The van der Waals surface area contributed by atoms with Gasteiger partial charge in [0, 0.05) is 35.9 Å². The number of nitrogens with zero attached hydrogens (tertiary/aromatic N) is 2. The van der Waals surface area contributed by atoms with Gasteiger partial charge >= 0.3 is 6.09 Å². The summed E-state index contributed by atoms with van der Waals surface area (Å²) in [6, 6.07) is 1.55. The molecule has 0 aliphatic carbocycles. The predicted octanol–water partition coefficient (Wildman–Crippen LogP) is 3.38. The van der Waals surface area contributed by atoms with Crippen LogP contribution in [0.1, 0.15) is 43.4 Å². The van der Waals surface area contributed by atoms with Gasteiger partial charge in [0.25, 0.3) is 0 Å². The van der Waals surface area contributed by atoms with Gasteiger partial charge in [-0.3, -0.25) is 0 Å². The molecule has 1 aliphatic heterocycles. The Hall–Kier alpha value is -1.12. The maximum Gasteiger partial charge on any atom is 0.410 e. The zero-order chi connectivity index (χ0) is 19.0. The van der Waals surface area contributed by atoms with E-state index in [2.05, 4.69) is 0 Å². The molecule has 2 heterocycles. The van der Waals surface area contributed by atoms with E-state index in [-0.39, 0.29) is 6.04 Å². The molecule has 1 aromatic heterocycles. The third kappa shape index (κ3) is 4.74. The Labute approximate surface area is 154 Å². The Morgan fingerprint density at radius 2 is 2.00 bits per heavy atom. The summed E-state index contributed by atoms with van der Waals surface area (Å²) in [4.78, 5) is 16.0. The molecule has 0 N–H and O–H groups in total. The van der Waals surface area contributed by atoms with E-state index in [1.165, 1.54) is 20.5 Å². The molecule has 1 unspecified atom stereocenters. The lowest BCUT2D eigenvalue weighted by molar-refractivity contribution is 0.0173. The summed E-state index contributed by atoms with van der Waals surface area (Å²) < 4.78 is 32.9. The van der Waals surface area contributed by atoms with Crippen molar-refractivity contribution >= 4 is 27.5 Å². The van der Waals surface area contributed by atoms with E-state index in [4.69, 9.17) is 4.74 Å². The second-order valence-corrected chi connectivity index (χ2v) is 10.9. The highest BCUT2D eigenvalue weighted by Crippen LogP contribution is 2.30. The molecule has 8 heteroatoms. The largest absolute Gasteiger partial charge is 0.444 e. The zero-order valence-corrected chi connectivity index (χ0v) is 17.5. The molecule has 1 atom stereocenters. The fraction of sp³-hybridized carbons (Fsp3) is 0.706. The van der Waals surface area contributed by atoms with Crippen LogP contribution in [0.15, 0.2) is 11.0 Å². The number of hydrogen-bond donors (Lipinski definition) is 0. The van der Waals surface area contributed by atoms with Gasteiger partial charge in [-0.05, 0) is 53.5 Å². The maximum atomic E-state index is 13.0. The normalized spacial score (nSPS) is 19.7. The van der Waals surface area contributed by atoms with Crippen molar-refractivity contribution in [3.8, 4) is 0 Å². The number of aryl methyl sites for hydroxylation is 2. The highest BCUT2D eigenvalue weighted by Gasteiger charge is 2.35. The first kappa shape index (κ1) is 20.2. The molecule has 1 saturated heterocycles. The third-order valence-corrected chi connectivity index (χ3v) is 7.29. The van der Waals surface area contributed by atoms with E-state index in [1.807, 2.05) is 34.6 Å². The van der Waals surface area contributed by atoms with Gasteiger partial charge in [0.15, 0.2) is 0 Å². The summed E-state index contributed by atoms with van der Waals surface area (Å²) in [5.41, 5.74) is -0.572. The molecule has 1 aliphatic rings. The Bertz CT molecular complexity index is 734. The minimum Gasteiger partial charge on any atom is -0.444 e. The summed E-state index contributed by atoms with van der Waals surface area (Å²) in [7, 11) is -1.86. The van der Waals surface area contributed by atoms with Gasteiger partial charge < -0.3 is 9.64 Å². The topological polar surface area (TPSA) is 66.9 Å². The number of amides is 1. The summed E-state index contributed by atoms with van der Waals surface area (Å²) in [5, 5.41) is 0. The van der Waals surface area contributed by atoms with Crippen LogP contribution in [0, 0.1) is 13.8 Å². The van der Waals surface area contributed by atoms with Crippen LogP contribution in [0.5, 0.6) is 0 Å². The van der Waals surface area contributed by atoms with Gasteiger partial charge in [-0.2, -0.15) is 4.31 Å². The van der Waals surface area contributed by atoms with Crippen LogP contribution in [-0.4, -0.2) is 55.5 Å². The lowest BCUT2D eigenvalue weighted by atomic mass is 10.1. The number of ether oxygens (including phenoxy) is 1. The number of likely N-dealkylation sites (N-methyl/N-ethyl adjacent to an activating group) is 1. The van der Waals surface area contributed by atoms with Gasteiger partial charge in [-0.25, -0.2) is 13.2 Å². The standard InChI is InChI=1S/C17H28N2O4S2/c1-12-10-15(13(2)24-12)25(21,22)19-9-7-8-14(11-19)18(6)16(20)23-17(3,4)5/h10,14H,7-9,11H2,1-6H3. The molecule has 142 valence electrons. The molecule has 1 fully saturated rings. The number of thiophene rings is 1. The maximum absolute atomic E-state index is 13.0. The van der Waals surface area contributed by atoms with Gasteiger partial charge in [-0.15, -0.1) is 11.3 Å². The average Bonchev–Trinajstić information content (AvgIpc) is 2.84. The fourth-order valence-corrected chi connectivity index (χ4v) is 5.98. The molecule has 25 heavy (non-hydrogen) atoms. The van der Waals surface area contributed by atoms with Crippen molar-refractivity contribution in [1.82, 2.24) is 9.21 Å². The molecule has 0 radical (unpaired) electrons. The number of rotatable bonds is 3. The fourth-order valence-electron chi connectivity index (χ4n) is 2.94. The molecular weight excluding hydrogens is 360 g/mol. The van der Waals surface area contributed by atoms with Crippen molar-refractivity contribution in [2.24, 2.45) is 0 Å². The van der Waals surface area contributed by atoms with Gasteiger partial charge in [0.1, 0.15) is 5.60 Å². The van der Waals surface area contributed by atoms with Crippen molar-refractivity contribution in [2.45, 2.75) is 64.0 Å². The van der Waals surface area contributed by atoms with E-state index >= 15 is 0 Å². The summed E-state index contributed by atoms with van der Waals surface area (Å²) in [5.74, 6) is 0. The van der Waals surface area contributed by atoms with Crippen LogP contribution in [-0.2, 0) is 14.8 Å². The van der Waals surface area contributed by atoms with E-state index in [1.54, 1.807) is 13.1 Å². The first-order valence-corrected chi connectivity index (χ1v) is 10.7. The SMILES string of the molecule is Cc1cc(S(=O)(=O)N2CCCC(N(C)C(=O)OC(C)(C)C)C2)c(C)s1. The van der Waals surface area contributed by atoms with E-state index in [0.717, 1.165) is 22.6 Å². The van der Waals surface area contributed by atoms with Crippen LogP contribution in [0.2, 0.25) is 0 Å². The predicted molar refractivity (Wildman–Crippen MR) is 99.6 cm³/mol. The lowest BCUT2D eigenvalue weighted by Gasteiger charge is -2.37. The van der Waals surface area contributed by atoms with Crippen LogP contribution in [0.25, 0.3) is 0 Å². The van der Waals surface area contributed by atoms with Crippen LogP contribution >= 0.6 is 11.3 Å². The molecule has 0 bridgehead atoms. The van der Waals surface area contributed by atoms with Crippen molar-refractivity contribution < 1.29 is 17.9 Å². The van der Waals surface area contributed by atoms with E-state index in [9.17, 15) is 13.2 Å². The quantitative estimate of drug-likeness (QED) is 0.796. The lowest BCUT2D eigenvalue weighted by Crippen LogP contribution is -2.51. The number of carbonyl (C=O) groups excluding carboxylic acids is 1. The second kappa shape index (κ2) is 7.25. The number of piperidine rings is 1. The van der Waals surface area contributed by atoms with Crippen molar-refractivity contribution in [3.05, 3.63) is 15.8 Å². The van der Waals surface area contributed by atoms with Gasteiger partial charge in [-0.1, -0.05) is 0 Å². The number of carbonyl (C=O) groups is 1. The number of sulfonamides is 1. The summed E-state index contributed by atoms with van der Waals surface area (Å²) >= 11 is 1.49. The minimum atomic E-state index is -3.53. The Morgan fingerprint density at radius 1 is 1.36 bits per heavy atom. The molecule has 2 rings (SSSR count). The first-order chi connectivity index (χ1) is 11.4. The van der Waals surface area contributed by atoms with E-state index in [0.29, 0.717) is 18.0 Å². The smallest absolute Gasteiger partial charge is 0.410 e. The molecule has 1 amide bonds. The minimum absolute atomic E-state index is 0.182. The third-order valence-electron chi connectivity index (χ3n) is 4.20. The number of hydrogen-bond acceptors (Lipinski definition) is 5. The monoisotopic (exact) mass is 388 g/mol. The molecule has 1 aromatic rings. The zero-order valence-electron chi connectivity index (χ0n) is 15.8. The summed E-state index contributed by atoms with van der Waals surface area (Å²) in [6.45, 7) is 9.97. The average molecular weight is 389 g/mol. The Balaban J connectivity index is 2.15. The molecule has 6 nitrogen and oxygen atoms in total. The van der Waals surface area contributed by atoms with E-state index < -0.39 is 21.7 Å². The molecule has 0 saturated carbocycles.